The van der Waals surface area contributed by atoms with Gasteiger partial charge in [-0.2, -0.15) is 5.26 Å². The molecule has 6 nitrogen and oxygen atoms in total. The van der Waals surface area contributed by atoms with Gasteiger partial charge >= 0.3 is 0 Å². The Bertz CT molecular complexity index is 850. The summed E-state index contributed by atoms with van der Waals surface area (Å²) in [6.45, 7) is 9.37. The average molecular weight is 368 g/mol. The molecule has 6 heteroatoms. The van der Waals surface area contributed by atoms with Crippen molar-refractivity contribution < 1.29 is 9.53 Å². The molecule has 2 heterocycles. The number of ether oxygens (including phenoxy) is 1. The second kappa shape index (κ2) is 8.55. The second-order valence-corrected chi connectivity index (χ2v) is 7.49. The first-order valence-corrected chi connectivity index (χ1v) is 9.61. The number of amides is 1. The molecule has 1 aliphatic rings. The fourth-order valence-corrected chi connectivity index (χ4v) is 3.71. The van der Waals surface area contributed by atoms with E-state index in [-0.39, 0.29) is 12.0 Å². The number of hydrogen-bond acceptors (Lipinski definition) is 4. The van der Waals surface area contributed by atoms with Gasteiger partial charge < -0.3 is 15.0 Å². The lowest BCUT2D eigenvalue weighted by Crippen LogP contribution is -2.47. The molecule has 2 aromatic rings. The van der Waals surface area contributed by atoms with Crippen LogP contribution in [-0.2, 0) is 16.0 Å². The van der Waals surface area contributed by atoms with Gasteiger partial charge in [-0.25, -0.2) is 0 Å². The van der Waals surface area contributed by atoms with Crippen LogP contribution in [0.5, 0.6) is 0 Å². The largest absolute Gasteiger partial charge is 0.375 e. The molecule has 1 amide bonds. The number of nitriles is 1. The number of nitrogens with zero attached hydrogens (tertiary/aromatic N) is 2. The molecule has 144 valence electrons. The van der Waals surface area contributed by atoms with Crippen molar-refractivity contribution in [2.45, 2.75) is 45.8 Å². The Morgan fingerprint density at radius 2 is 2.30 bits per heavy atom. The van der Waals surface area contributed by atoms with Gasteiger partial charge in [-0.3, -0.25) is 9.69 Å². The first kappa shape index (κ1) is 19.4. The molecule has 0 saturated carbocycles. The van der Waals surface area contributed by atoms with Crippen molar-refractivity contribution in [1.82, 2.24) is 15.2 Å². The van der Waals surface area contributed by atoms with E-state index in [1.54, 1.807) is 0 Å². The van der Waals surface area contributed by atoms with E-state index in [1.165, 1.54) is 0 Å². The van der Waals surface area contributed by atoms with Gasteiger partial charge in [0.1, 0.15) is 0 Å². The highest BCUT2D eigenvalue weighted by molar-refractivity contribution is 5.86. The third kappa shape index (κ3) is 4.68. The van der Waals surface area contributed by atoms with E-state index in [9.17, 15) is 4.79 Å². The molecule has 0 unspecified atom stereocenters. The van der Waals surface area contributed by atoms with Crippen LogP contribution in [0.3, 0.4) is 0 Å². The minimum absolute atomic E-state index is 0.0285. The van der Waals surface area contributed by atoms with Gasteiger partial charge in [-0.15, -0.1) is 0 Å². The molecule has 3 rings (SSSR count). The molecule has 1 aliphatic heterocycles. The predicted molar refractivity (Wildman–Crippen MR) is 106 cm³/mol. The zero-order chi connectivity index (χ0) is 19.4. The van der Waals surface area contributed by atoms with Crippen molar-refractivity contribution in [2.75, 3.05) is 26.2 Å². The lowest BCUT2D eigenvalue weighted by atomic mass is 10.1. The molecular formula is C21H28N4O2. The Kier molecular flexibility index (Phi) is 6.15. The first-order chi connectivity index (χ1) is 13.0. The van der Waals surface area contributed by atoms with E-state index >= 15 is 0 Å². The van der Waals surface area contributed by atoms with Crippen LogP contribution < -0.4 is 5.32 Å². The monoisotopic (exact) mass is 368 g/mol. The first-order valence-electron chi connectivity index (χ1n) is 9.61. The molecule has 0 radical (unpaired) electrons. The summed E-state index contributed by atoms with van der Waals surface area (Å²) in [4.78, 5) is 18.0. The summed E-state index contributed by atoms with van der Waals surface area (Å²) in [5.74, 6) is 0.0285. The number of morpholine rings is 1. The topological polar surface area (TPSA) is 81.2 Å². The number of rotatable bonds is 6. The number of hydrogen-bond donors (Lipinski definition) is 2. The molecule has 1 atom stereocenters. The van der Waals surface area contributed by atoms with Gasteiger partial charge in [-0.05, 0) is 51.0 Å². The van der Waals surface area contributed by atoms with Crippen molar-refractivity contribution in [1.29, 1.82) is 5.26 Å². The Morgan fingerprint density at radius 3 is 3.04 bits per heavy atom. The maximum absolute atomic E-state index is 12.3. The maximum atomic E-state index is 12.3. The van der Waals surface area contributed by atoms with Crippen LogP contribution >= 0.6 is 0 Å². The van der Waals surface area contributed by atoms with Crippen LogP contribution in [0.1, 0.15) is 37.1 Å². The molecule has 2 N–H and O–H groups in total. The molecule has 1 fully saturated rings. The summed E-state index contributed by atoms with van der Waals surface area (Å²) in [5.41, 5.74) is 3.91. The highest BCUT2D eigenvalue weighted by Crippen LogP contribution is 2.23. The van der Waals surface area contributed by atoms with Crippen LogP contribution in [-0.4, -0.2) is 54.2 Å². The van der Waals surface area contributed by atoms with Gasteiger partial charge in [-0.1, -0.05) is 0 Å². The Hall–Kier alpha value is -2.36. The fraction of sp³-hybridized carbons (Fsp3) is 0.524. The van der Waals surface area contributed by atoms with Crippen molar-refractivity contribution in [3.05, 3.63) is 35.0 Å². The molecule has 1 aromatic heterocycles. The number of fused-ring (bicyclic) bond motifs is 1. The fourth-order valence-electron chi connectivity index (χ4n) is 3.71. The summed E-state index contributed by atoms with van der Waals surface area (Å²) in [7, 11) is 0. The summed E-state index contributed by atoms with van der Waals surface area (Å²) in [6, 6.07) is 8.32. The highest BCUT2D eigenvalue weighted by Gasteiger charge is 2.24. The number of H-pyrrole nitrogens is 1. The normalized spacial score (nSPS) is 18.0. The average Bonchev–Trinajstić information content (AvgIpc) is 2.96. The molecule has 0 spiro atoms. The molecule has 0 aliphatic carbocycles. The van der Waals surface area contributed by atoms with E-state index in [4.69, 9.17) is 10.00 Å². The van der Waals surface area contributed by atoms with Crippen LogP contribution in [0, 0.1) is 18.3 Å². The van der Waals surface area contributed by atoms with E-state index in [0.717, 1.165) is 41.7 Å². The Labute approximate surface area is 160 Å². The Balaban J connectivity index is 1.54. The van der Waals surface area contributed by atoms with Gasteiger partial charge in [0, 0.05) is 42.3 Å². The minimum atomic E-state index is -0.0332. The summed E-state index contributed by atoms with van der Waals surface area (Å²) in [5, 5.41) is 13.2. The highest BCUT2D eigenvalue weighted by atomic mass is 16.5. The lowest BCUT2D eigenvalue weighted by molar-refractivity contribution is -0.126. The van der Waals surface area contributed by atoms with Crippen molar-refractivity contribution in [3.63, 3.8) is 0 Å². The van der Waals surface area contributed by atoms with Crippen LogP contribution in [0.2, 0.25) is 0 Å². The van der Waals surface area contributed by atoms with Crippen molar-refractivity contribution in [2.24, 2.45) is 0 Å². The van der Waals surface area contributed by atoms with Crippen LogP contribution in [0.4, 0.5) is 0 Å². The molecule has 1 saturated heterocycles. The number of benzene rings is 1. The predicted octanol–water partition coefficient (Wildman–Crippen LogP) is 2.51. The number of aromatic nitrogens is 1. The quantitative estimate of drug-likeness (QED) is 0.821. The minimum Gasteiger partial charge on any atom is -0.375 e. The lowest BCUT2D eigenvalue weighted by Gasteiger charge is -2.35. The Morgan fingerprint density at radius 1 is 1.48 bits per heavy atom. The zero-order valence-corrected chi connectivity index (χ0v) is 16.3. The smallest absolute Gasteiger partial charge is 0.222 e. The molecule has 1 aromatic carbocycles. The third-order valence-electron chi connectivity index (χ3n) is 5.26. The van der Waals surface area contributed by atoms with Gasteiger partial charge in [0.25, 0.3) is 0 Å². The standard InChI is InChI=1S/C21H28N4O2/c1-14(2)25-8-9-27-17(13-25)11-21(26)23-7-6-18-15(3)24-20-5-4-16(12-22)10-19(18)20/h4-5,10,14,17,24H,6-9,11,13H2,1-3H3,(H,23,26)/t17-/m1/s1. The van der Waals surface area contributed by atoms with E-state index in [0.29, 0.717) is 31.2 Å². The van der Waals surface area contributed by atoms with E-state index in [1.807, 2.05) is 25.1 Å². The molecule has 27 heavy (non-hydrogen) atoms. The third-order valence-corrected chi connectivity index (χ3v) is 5.26. The van der Waals surface area contributed by atoms with Crippen molar-refractivity contribution >= 4 is 16.8 Å². The molecule has 0 bridgehead atoms. The van der Waals surface area contributed by atoms with E-state index < -0.39 is 0 Å². The van der Waals surface area contributed by atoms with Gasteiger partial charge in [0.15, 0.2) is 0 Å². The summed E-state index contributed by atoms with van der Waals surface area (Å²) >= 11 is 0. The van der Waals surface area contributed by atoms with Gasteiger partial charge in [0.2, 0.25) is 5.91 Å². The van der Waals surface area contributed by atoms with Gasteiger partial charge in [0.05, 0.1) is 30.8 Å². The summed E-state index contributed by atoms with van der Waals surface area (Å²) in [6.07, 6.45) is 1.10. The zero-order valence-electron chi connectivity index (χ0n) is 16.3. The van der Waals surface area contributed by atoms with Crippen LogP contribution in [0.15, 0.2) is 18.2 Å². The second-order valence-electron chi connectivity index (χ2n) is 7.49. The SMILES string of the molecule is Cc1[nH]c2ccc(C#N)cc2c1CCNC(=O)C[C@@H]1CN(C(C)C)CCO1. The number of aryl methyl sites for hydroxylation is 1. The van der Waals surface area contributed by atoms with E-state index in [2.05, 4.69) is 35.1 Å². The van der Waals surface area contributed by atoms with Crippen LogP contribution in [0.25, 0.3) is 10.9 Å². The number of aromatic amines is 1. The van der Waals surface area contributed by atoms with Crippen molar-refractivity contribution in [3.8, 4) is 6.07 Å². The molecular weight excluding hydrogens is 340 g/mol. The summed E-state index contributed by atoms with van der Waals surface area (Å²) < 4.78 is 5.75. The number of carbonyl (C=O) groups excluding carboxylic acids is 1. The maximum Gasteiger partial charge on any atom is 0.222 e. The number of nitrogens with one attached hydrogen (secondary N) is 2. The number of carbonyl (C=O) groups is 1.